The number of morpholine rings is 1. The van der Waals surface area contributed by atoms with Crippen LogP contribution in [-0.2, 0) is 9.53 Å². The number of benzene rings is 1. The molecule has 2 aromatic rings. The molecule has 1 amide bonds. The highest BCUT2D eigenvalue weighted by molar-refractivity contribution is 6.03. The highest BCUT2D eigenvalue weighted by atomic mass is 16.5. The molecule has 1 aromatic heterocycles. The van der Waals surface area contributed by atoms with Gasteiger partial charge in [0.25, 0.3) is 5.91 Å². The molecule has 1 saturated heterocycles. The lowest BCUT2D eigenvalue weighted by Crippen LogP contribution is -2.49. The number of methoxy groups -OCH3 is 1. The summed E-state index contributed by atoms with van der Waals surface area (Å²) in [6, 6.07) is 11.3. The molecule has 0 spiro atoms. The van der Waals surface area contributed by atoms with Gasteiger partial charge in [0.15, 0.2) is 0 Å². The van der Waals surface area contributed by atoms with Gasteiger partial charge in [0.05, 0.1) is 37.8 Å². The lowest BCUT2D eigenvalue weighted by molar-refractivity contribution is -0.138. The van der Waals surface area contributed by atoms with Gasteiger partial charge in [-0.1, -0.05) is 0 Å². The van der Waals surface area contributed by atoms with Crippen molar-refractivity contribution in [3.63, 3.8) is 0 Å². The molecule has 3 atom stereocenters. The van der Waals surface area contributed by atoms with E-state index in [1.165, 1.54) is 0 Å². The van der Waals surface area contributed by atoms with Crippen molar-refractivity contribution in [2.24, 2.45) is 5.10 Å². The maximum atomic E-state index is 13.2. The fraction of sp³-hybridized carbons (Fsp3) is 0.455. The molecular weight excluding hydrogens is 370 g/mol. The van der Waals surface area contributed by atoms with Gasteiger partial charge in [-0.25, -0.2) is 5.01 Å². The van der Waals surface area contributed by atoms with E-state index in [2.05, 4.69) is 4.90 Å². The second-order valence-corrected chi connectivity index (χ2v) is 7.70. The summed E-state index contributed by atoms with van der Waals surface area (Å²) in [5, 5.41) is 6.28. The van der Waals surface area contributed by atoms with E-state index in [4.69, 9.17) is 19.0 Å². The molecule has 2 aliphatic heterocycles. The molecule has 0 bridgehead atoms. The lowest BCUT2D eigenvalue weighted by atomic mass is 10.0. The van der Waals surface area contributed by atoms with Gasteiger partial charge in [0, 0.05) is 19.5 Å². The highest BCUT2D eigenvalue weighted by Crippen LogP contribution is 2.33. The number of carbonyl (C=O) groups excluding carboxylic acids is 1. The summed E-state index contributed by atoms with van der Waals surface area (Å²) in [7, 11) is 1.64. The summed E-state index contributed by atoms with van der Waals surface area (Å²) in [6.07, 6.45) is 2.48. The summed E-state index contributed by atoms with van der Waals surface area (Å²) in [5.74, 6) is 1.50. The summed E-state index contributed by atoms with van der Waals surface area (Å²) in [6.45, 7) is 5.87. The van der Waals surface area contributed by atoms with E-state index in [0.29, 0.717) is 13.0 Å². The van der Waals surface area contributed by atoms with Gasteiger partial charge in [0.1, 0.15) is 17.6 Å². The molecule has 0 unspecified atom stereocenters. The Morgan fingerprint density at radius 3 is 2.52 bits per heavy atom. The Kier molecular flexibility index (Phi) is 5.69. The van der Waals surface area contributed by atoms with Crippen LogP contribution < -0.4 is 4.74 Å². The third-order valence-electron chi connectivity index (χ3n) is 5.31. The van der Waals surface area contributed by atoms with Gasteiger partial charge >= 0.3 is 0 Å². The molecule has 0 N–H and O–H groups in total. The average molecular weight is 397 g/mol. The molecule has 1 fully saturated rings. The number of amides is 1. The van der Waals surface area contributed by atoms with Crippen LogP contribution in [0, 0.1) is 0 Å². The Hall–Kier alpha value is -2.64. The molecular formula is C22H27N3O4. The van der Waals surface area contributed by atoms with Crippen molar-refractivity contribution in [2.75, 3.05) is 26.7 Å². The number of nitrogens with zero attached hydrogens (tertiary/aromatic N) is 3. The fourth-order valence-corrected chi connectivity index (χ4v) is 4.08. The van der Waals surface area contributed by atoms with Crippen molar-refractivity contribution in [3.05, 3.63) is 54.0 Å². The summed E-state index contributed by atoms with van der Waals surface area (Å²) in [4.78, 5) is 15.3. The zero-order valence-corrected chi connectivity index (χ0v) is 17.1. The third-order valence-corrected chi connectivity index (χ3v) is 5.31. The van der Waals surface area contributed by atoms with Crippen LogP contribution >= 0.6 is 0 Å². The number of hydrogen-bond acceptors (Lipinski definition) is 6. The number of hydrogen-bond donors (Lipinski definition) is 0. The van der Waals surface area contributed by atoms with E-state index in [1.54, 1.807) is 18.4 Å². The van der Waals surface area contributed by atoms with Crippen molar-refractivity contribution < 1.29 is 18.7 Å². The summed E-state index contributed by atoms with van der Waals surface area (Å²) < 4.78 is 16.6. The van der Waals surface area contributed by atoms with Gasteiger partial charge < -0.3 is 13.9 Å². The zero-order chi connectivity index (χ0) is 20.4. The molecule has 0 saturated carbocycles. The second-order valence-electron chi connectivity index (χ2n) is 7.70. The Morgan fingerprint density at radius 2 is 1.90 bits per heavy atom. The normalized spacial score (nSPS) is 25.1. The van der Waals surface area contributed by atoms with Crippen LogP contribution in [0.1, 0.15) is 37.6 Å². The van der Waals surface area contributed by atoms with Crippen LogP contribution in [-0.4, -0.2) is 60.5 Å². The van der Waals surface area contributed by atoms with Gasteiger partial charge in [0.2, 0.25) is 0 Å². The van der Waals surface area contributed by atoms with E-state index < -0.39 is 0 Å². The van der Waals surface area contributed by atoms with E-state index in [1.807, 2.05) is 50.2 Å². The van der Waals surface area contributed by atoms with Crippen molar-refractivity contribution in [1.82, 2.24) is 9.91 Å². The summed E-state index contributed by atoms with van der Waals surface area (Å²) >= 11 is 0. The van der Waals surface area contributed by atoms with Crippen LogP contribution in [0.15, 0.2) is 52.2 Å². The van der Waals surface area contributed by atoms with Gasteiger partial charge in [-0.3, -0.25) is 9.69 Å². The molecule has 3 heterocycles. The van der Waals surface area contributed by atoms with Crippen molar-refractivity contribution in [3.8, 4) is 5.75 Å². The second kappa shape index (κ2) is 8.39. The molecule has 29 heavy (non-hydrogen) atoms. The molecule has 7 nitrogen and oxygen atoms in total. The molecule has 0 radical (unpaired) electrons. The van der Waals surface area contributed by atoms with E-state index >= 15 is 0 Å². The number of rotatable bonds is 5. The minimum Gasteiger partial charge on any atom is -0.497 e. The third kappa shape index (κ3) is 4.36. The van der Waals surface area contributed by atoms with E-state index in [9.17, 15) is 4.79 Å². The first-order valence-corrected chi connectivity index (χ1v) is 9.98. The standard InChI is InChI=1S/C22H27N3O4/c1-15-12-24(13-16(2)29-15)14-22(26)25-20(21-5-4-10-28-21)11-19(23-25)17-6-8-18(27-3)9-7-17/h4-10,15-16,20H,11-14H2,1-3H3/t15-,16+,20-/m0/s1. The average Bonchev–Trinajstić information content (AvgIpc) is 3.37. The van der Waals surface area contributed by atoms with Gasteiger partial charge in [-0.15, -0.1) is 0 Å². The van der Waals surface area contributed by atoms with Gasteiger partial charge in [-0.2, -0.15) is 5.10 Å². The SMILES string of the molecule is COc1ccc(C2=NN(C(=O)CN3C[C@@H](C)O[C@@H](C)C3)[C@H](c3ccco3)C2)cc1. The van der Waals surface area contributed by atoms with Crippen molar-refractivity contribution in [2.45, 2.75) is 38.5 Å². The Balaban J connectivity index is 1.55. The highest BCUT2D eigenvalue weighted by Gasteiger charge is 2.36. The molecule has 0 aliphatic carbocycles. The molecule has 2 aliphatic rings. The minimum absolute atomic E-state index is 0.0313. The number of hydrazone groups is 1. The number of carbonyl (C=O) groups is 1. The smallest absolute Gasteiger partial charge is 0.257 e. The molecule has 4 rings (SSSR count). The first-order chi connectivity index (χ1) is 14.0. The Labute approximate surface area is 170 Å². The maximum Gasteiger partial charge on any atom is 0.257 e. The lowest BCUT2D eigenvalue weighted by Gasteiger charge is -2.35. The number of ether oxygens (including phenoxy) is 2. The van der Waals surface area contributed by atoms with E-state index in [-0.39, 0.29) is 24.2 Å². The maximum absolute atomic E-state index is 13.2. The fourth-order valence-electron chi connectivity index (χ4n) is 4.08. The summed E-state index contributed by atoms with van der Waals surface area (Å²) in [5.41, 5.74) is 1.84. The van der Waals surface area contributed by atoms with Gasteiger partial charge in [-0.05, 0) is 55.8 Å². The molecule has 7 heteroatoms. The minimum atomic E-state index is -0.231. The predicted octanol–water partition coefficient (Wildman–Crippen LogP) is 3.08. The Morgan fingerprint density at radius 1 is 1.17 bits per heavy atom. The first-order valence-electron chi connectivity index (χ1n) is 9.98. The quantitative estimate of drug-likeness (QED) is 0.776. The van der Waals surface area contributed by atoms with Crippen LogP contribution in [0.25, 0.3) is 0 Å². The number of furan rings is 1. The molecule has 154 valence electrons. The van der Waals surface area contributed by atoms with E-state index in [0.717, 1.165) is 35.9 Å². The Bertz CT molecular complexity index is 853. The van der Waals surface area contributed by atoms with Crippen LogP contribution in [0.2, 0.25) is 0 Å². The van der Waals surface area contributed by atoms with Crippen LogP contribution in [0.5, 0.6) is 5.75 Å². The topological polar surface area (TPSA) is 67.5 Å². The van der Waals surface area contributed by atoms with Crippen molar-refractivity contribution in [1.29, 1.82) is 0 Å². The molecule has 1 aromatic carbocycles. The first kappa shape index (κ1) is 19.7. The predicted molar refractivity (Wildman–Crippen MR) is 109 cm³/mol. The van der Waals surface area contributed by atoms with Crippen LogP contribution in [0.4, 0.5) is 0 Å². The van der Waals surface area contributed by atoms with Crippen molar-refractivity contribution >= 4 is 11.6 Å². The monoisotopic (exact) mass is 397 g/mol. The van der Waals surface area contributed by atoms with Crippen LogP contribution in [0.3, 0.4) is 0 Å². The zero-order valence-electron chi connectivity index (χ0n) is 17.1. The largest absolute Gasteiger partial charge is 0.497 e.